The number of nitrogens with zero attached hydrogens (tertiary/aromatic N) is 4. The van der Waals surface area contributed by atoms with Gasteiger partial charge in [0.25, 0.3) is 0 Å². The molecule has 0 unspecified atom stereocenters. The van der Waals surface area contributed by atoms with E-state index in [-0.39, 0.29) is 17.5 Å². The Morgan fingerprint density at radius 3 is 2.55 bits per heavy atom. The Morgan fingerprint density at radius 2 is 1.79 bits per heavy atom. The third-order valence-electron chi connectivity index (χ3n) is 4.87. The van der Waals surface area contributed by atoms with Crippen LogP contribution in [0.3, 0.4) is 0 Å². The Morgan fingerprint density at radius 1 is 1.00 bits per heavy atom. The van der Waals surface area contributed by atoms with Crippen molar-refractivity contribution in [1.82, 2.24) is 9.97 Å². The number of carbonyl (C=O) groups excluding carboxylic acids is 2. The Hall–Kier alpha value is -3.87. The molecule has 7 heteroatoms. The van der Waals surface area contributed by atoms with Gasteiger partial charge >= 0.3 is 5.97 Å². The fraction of sp³-hybridized carbons (Fsp3) is 0.136. The summed E-state index contributed by atoms with van der Waals surface area (Å²) in [6.45, 7) is 0.730. The van der Waals surface area contributed by atoms with Crippen LogP contribution in [0.1, 0.15) is 24.1 Å². The normalized spacial score (nSPS) is 17.9. The number of aliphatic imine (C=N–C) groups is 1. The zero-order valence-corrected chi connectivity index (χ0v) is 15.4. The van der Waals surface area contributed by atoms with Gasteiger partial charge in [0.15, 0.2) is 5.70 Å². The molecule has 3 heterocycles. The summed E-state index contributed by atoms with van der Waals surface area (Å²) in [7, 11) is 0. The van der Waals surface area contributed by atoms with Crippen LogP contribution in [0.4, 0.5) is 5.69 Å². The maximum absolute atomic E-state index is 12.2. The number of aromatic nitrogens is 2. The first kappa shape index (κ1) is 17.2. The van der Waals surface area contributed by atoms with Crippen LogP contribution in [-0.4, -0.2) is 34.3 Å². The first-order valence-electron chi connectivity index (χ1n) is 9.32. The van der Waals surface area contributed by atoms with E-state index < -0.39 is 5.97 Å². The smallest absolute Gasteiger partial charge is 0.363 e. The second-order valence-electron chi connectivity index (χ2n) is 6.82. The lowest BCUT2D eigenvalue weighted by Crippen LogP contribution is -2.23. The zero-order chi connectivity index (χ0) is 19.8. The fourth-order valence-corrected chi connectivity index (χ4v) is 3.42. The van der Waals surface area contributed by atoms with Crippen LogP contribution in [-0.2, 0) is 14.3 Å². The van der Waals surface area contributed by atoms with Crippen LogP contribution >= 0.6 is 0 Å². The Balaban J connectivity index is 1.41. The quantitative estimate of drug-likeness (QED) is 0.512. The van der Waals surface area contributed by atoms with Crippen molar-refractivity contribution in [2.24, 2.45) is 4.99 Å². The van der Waals surface area contributed by atoms with E-state index >= 15 is 0 Å². The number of cyclic esters (lactones) is 1. The molecule has 0 bridgehead atoms. The number of rotatable bonds is 3. The summed E-state index contributed by atoms with van der Waals surface area (Å²) in [5.41, 5.74) is 3.73. The number of ether oxygens (including phenoxy) is 1. The molecule has 0 radical (unpaired) electrons. The molecular weight excluding hydrogens is 368 g/mol. The van der Waals surface area contributed by atoms with Crippen LogP contribution in [0.15, 0.2) is 65.4 Å². The van der Waals surface area contributed by atoms with Crippen LogP contribution in [0.2, 0.25) is 0 Å². The Labute approximate surface area is 166 Å². The third kappa shape index (κ3) is 3.27. The number of anilines is 1. The topological polar surface area (TPSA) is 84.8 Å². The summed E-state index contributed by atoms with van der Waals surface area (Å²) >= 11 is 0. The highest BCUT2D eigenvalue weighted by Crippen LogP contribution is 2.24. The SMILES string of the molecule is O=C1OC(c2ccc(N3CCCC3=O)cc2)=N/C1=C\c1cnc2ccccc2n1. The molecule has 1 amide bonds. The van der Waals surface area contributed by atoms with Gasteiger partial charge in [-0.25, -0.2) is 14.8 Å². The molecule has 0 aliphatic carbocycles. The zero-order valence-electron chi connectivity index (χ0n) is 15.4. The number of benzene rings is 2. The maximum atomic E-state index is 12.2. The second kappa shape index (κ2) is 6.94. The minimum absolute atomic E-state index is 0.129. The van der Waals surface area contributed by atoms with Gasteiger partial charge in [-0.15, -0.1) is 0 Å². The lowest BCUT2D eigenvalue weighted by molar-refractivity contribution is -0.130. The van der Waals surface area contributed by atoms with Crippen molar-refractivity contribution in [2.45, 2.75) is 12.8 Å². The van der Waals surface area contributed by atoms with Gasteiger partial charge in [-0.05, 0) is 48.9 Å². The van der Waals surface area contributed by atoms with Crippen LogP contribution in [0.25, 0.3) is 17.1 Å². The lowest BCUT2D eigenvalue weighted by atomic mass is 10.2. The van der Waals surface area contributed by atoms with Crippen molar-refractivity contribution in [2.75, 3.05) is 11.4 Å². The standard InChI is InChI=1S/C22H16N4O3/c27-20-6-3-11-26(20)16-9-7-14(8-10-16)21-25-19(22(28)29-21)12-15-13-23-17-4-1-2-5-18(17)24-15/h1-2,4-5,7-10,12-13H,3,6,11H2/b19-12-. The second-order valence-corrected chi connectivity index (χ2v) is 6.82. The average Bonchev–Trinajstić information content (AvgIpc) is 3.34. The average molecular weight is 384 g/mol. The van der Waals surface area contributed by atoms with E-state index in [4.69, 9.17) is 4.74 Å². The predicted molar refractivity (Wildman–Crippen MR) is 108 cm³/mol. The van der Waals surface area contributed by atoms with E-state index in [2.05, 4.69) is 15.0 Å². The van der Waals surface area contributed by atoms with Gasteiger partial charge in [0.2, 0.25) is 11.8 Å². The minimum Gasteiger partial charge on any atom is -0.402 e. The van der Waals surface area contributed by atoms with E-state index in [9.17, 15) is 9.59 Å². The predicted octanol–water partition coefficient (Wildman–Crippen LogP) is 3.10. The van der Waals surface area contributed by atoms with Gasteiger partial charge in [0, 0.05) is 24.2 Å². The highest BCUT2D eigenvalue weighted by atomic mass is 16.6. The van der Waals surface area contributed by atoms with Crippen molar-refractivity contribution in [3.8, 4) is 0 Å². The monoisotopic (exact) mass is 384 g/mol. The number of hydrogen-bond acceptors (Lipinski definition) is 6. The fourth-order valence-electron chi connectivity index (χ4n) is 3.42. The van der Waals surface area contributed by atoms with Gasteiger partial charge in [0.1, 0.15) is 0 Å². The van der Waals surface area contributed by atoms with E-state index in [0.717, 1.165) is 29.7 Å². The van der Waals surface area contributed by atoms with Gasteiger partial charge in [-0.1, -0.05) is 12.1 Å². The molecule has 0 spiro atoms. The molecule has 2 aliphatic rings. The van der Waals surface area contributed by atoms with Gasteiger partial charge < -0.3 is 9.64 Å². The van der Waals surface area contributed by atoms with E-state index in [1.165, 1.54) is 0 Å². The molecule has 2 aromatic carbocycles. The van der Waals surface area contributed by atoms with Crippen LogP contribution in [0.5, 0.6) is 0 Å². The summed E-state index contributed by atoms with van der Waals surface area (Å²) in [6.07, 6.45) is 4.61. The number of hydrogen-bond donors (Lipinski definition) is 0. The molecule has 0 saturated carbocycles. The highest BCUT2D eigenvalue weighted by molar-refractivity contribution is 6.13. The van der Waals surface area contributed by atoms with Crippen molar-refractivity contribution in [3.63, 3.8) is 0 Å². The first-order valence-corrected chi connectivity index (χ1v) is 9.32. The number of para-hydroxylation sites is 2. The Bertz CT molecular complexity index is 1200. The molecule has 29 heavy (non-hydrogen) atoms. The lowest BCUT2D eigenvalue weighted by Gasteiger charge is -2.15. The Kier molecular flexibility index (Phi) is 4.13. The van der Waals surface area contributed by atoms with Crippen LogP contribution in [0, 0.1) is 0 Å². The molecule has 0 atom stereocenters. The number of carbonyl (C=O) groups is 2. The third-order valence-corrected chi connectivity index (χ3v) is 4.87. The summed E-state index contributed by atoms with van der Waals surface area (Å²) in [6, 6.07) is 14.8. The van der Waals surface area contributed by atoms with E-state index in [1.54, 1.807) is 29.3 Å². The van der Waals surface area contributed by atoms with Gasteiger partial charge in [-0.3, -0.25) is 9.78 Å². The molecule has 5 rings (SSSR count). The summed E-state index contributed by atoms with van der Waals surface area (Å²) in [4.78, 5) is 39.0. The molecule has 1 fully saturated rings. The molecule has 3 aromatic rings. The first-order chi connectivity index (χ1) is 14.2. The molecule has 7 nitrogen and oxygen atoms in total. The molecule has 1 aromatic heterocycles. The number of fused-ring (bicyclic) bond motifs is 1. The summed E-state index contributed by atoms with van der Waals surface area (Å²) in [5.74, 6) is -0.174. The van der Waals surface area contributed by atoms with E-state index in [0.29, 0.717) is 17.7 Å². The minimum atomic E-state index is -0.534. The molecule has 0 N–H and O–H groups in total. The van der Waals surface area contributed by atoms with E-state index in [1.807, 2.05) is 36.4 Å². The van der Waals surface area contributed by atoms with Crippen molar-refractivity contribution in [1.29, 1.82) is 0 Å². The highest BCUT2D eigenvalue weighted by Gasteiger charge is 2.25. The largest absolute Gasteiger partial charge is 0.402 e. The number of amides is 1. The van der Waals surface area contributed by atoms with Crippen molar-refractivity contribution >= 4 is 40.6 Å². The maximum Gasteiger partial charge on any atom is 0.363 e. The number of esters is 1. The summed E-state index contributed by atoms with van der Waals surface area (Å²) in [5, 5.41) is 0. The molecule has 2 aliphatic heterocycles. The van der Waals surface area contributed by atoms with Crippen LogP contribution < -0.4 is 4.90 Å². The molecule has 1 saturated heterocycles. The van der Waals surface area contributed by atoms with Crippen molar-refractivity contribution < 1.29 is 14.3 Å². The van der Waals surface area contributed by atoms with Crippen molar-refractivity contribution in [3.05, 3.63) is 71.7 Å². The van der Waals surface area contributed by atoms with Gasteiger partial charge in [-0.2, -0.15) is 0 Å². The summed E-state index contributed by atoms with van der Waals surface area (Å²) < 4.78 is 5.32. The van der Waals surface area contributed by atoms with Gasteiger partial charge in [0.05, 0.1) is 22.9 Å². The molecule has 142 valence electrons. The molecular formula is C22H16N4O3.